The maximum absolute atomic E-state index is 12.3. The van der Waals surface area contributed by atoms with Gasteiger partial charge in [-0.2, -0.15) is 0 Å². The molecule has 1 aromatic rings. The second-order valence-electron chi connectivity index (χ2n) is 5.58. The lowest BCUT2D eigenvalue weighted by atomic mass is 9.95. The molecule has 5 heteroatoms. The molecule has 1 aliphatic carbocycles. The van der Waals surface area contributed by atoms with E-state index in [1.165, 1.54) is 0 Å². The number of hydrogen-bond donors (Lipinski definition) is 2. The van der Waals surface area contributed by atoms with Crippen molar-refractivity contribution in [3.63, 3.8) is 0 Å². The summed E-state index contributed by atoms with van der Waals surface area (Å²) in [5, 5.41) is 12.1. The zero-order valence-electron chi connectivity index (χ0n) is 11.5. The molecule has 20 heavy (non-hydrogen) atoms. The van der Waals surface area contributed by atoms with Crippen molar-refractivity contribution in [3.05, 3.63) is 27.3 Å². The van der Waals surface area contributed by atoms with Crippen LogP contribution < -0.4 is 5.32 Å². The predicted octanol–water partition coefficient (Wildman–Crippen LogP) is 3.29. The Morgan fingerprint density at radius 3 is 2.55 bits per heavy atom. The van der Waals surface area contributed by atoms with Crippen LogP contribution in [0.1, 0.15) is 25.3 Å². The van der Waals surface area contributed by atoms with Gasteiger partial charge in [-0.3, -0.25) is 9.59 Å². The number of aryl methyl sites for hydroxylation is 1. The second kappa shape index (κ2) is 6.11. The van der Waals surface area contributed by atoms with Crippen molar-refractivity contribution in [3.8, 4) is 0 Å². The maximum Gasteiger partial charge on any atom is 0.307 e. The topological polar surface area (TPSA) is 66.4 Å². The van der Waals surface area contributed by atoms with E-state index in [0.29, 0.717) is 12.8 Å². The van der Waals surface area contributed by atoms with Crippen molar-refractivity contribution in [2.75, 3.05) is 5.32 Å². The number of nitrogens with one attached hydrogen (secondary N) is 1. The Hall–Kier alpha value is -1.11. The fraction of sp³-hybridized carbons (Fsp3) is 0.467. The largest absolute Gasteiger partial charge is 0.481 e. The van der Waals surface area contributed by atoms with E-state index in [9.17, 15) is 14.7 Å². The van der Waals surface area contributed by atoms with Gasteiger partial charge in [-0.15, -0.1) is 0 Å². The molecule has 0 aromatic heterocycles. The van der Waals surface area contributed by atoms with E-state index >= 15 is 0 Å². The van der Waals surface area contributed by atoms with Crippen molar-refractivity contribution in [2.45, 2.75) is 26.7 Å². The molecule has 1 amide bonds. The van der Waals surface area contributed by atoms with E-state index in [0.717, 1.165) is 14.8 Å². The molecule has 0 heterocycles. The van der Waals surface area contributed by atoms with E-state index in [2.05, 4.69) is 27.9 Å². The molecule has 0 aliphatic heterocycles. The number of carboxylic acid groups (broad SMARTS) is 1. The van der Waals surface area contributed by atoms with Gasteiger partial charge >= 0.3 is 5.97 Å². The number of halogens is 1. The molecule has 1 aromatic carbocycles. The molecule has 1 aliphatic rings. The molecular weight excluding hydrogens is 369 g/mol. The molecule has 1 fully saturated rings. The summed E-state index contributed by atoms with van der Waals surface area (Å²) in [5.74, 6) is -1.75. The van der Waals surface area contributed by atoms with Gasteiger partial charge in [-0.25, -0.2) is 0 Å². The Labute approximate surface area is 132 Å². The van der Waals surface area contributed by atoms with Gasteiger partial charge in [0, 0.05) is 9.26 Å². The van der Waals surface area contributed by atoms with Crippen molar-refractivity contribution in [2.24, 2.45) is 17.8 Å². The lowest BCUT2D eigenvalue weighted by molar-refractivity contribution is -0.145. The first-order valence-corrected chi connectivity index (χ1v) is 7.76. The zero-order chi connectivity index (χ0) is 14.9. The highest BCUT2D eigenvalue weighted by atomic mass is 127. The van der Waals surface area contributed by atoms with Gasteiger partial charge in [0.05, 0.1) is 11.8 Å². The van der Waals surface area contributed by atoms with Crippen LogP contribution in [0.3, 0.4) is 0 Å². The average molecular weight is 387 g/mol. The number of anilines is 1. The van der Waals surface area contributed by atoms with Crippen LogP contribution in [-0.4, -0.2) is 17.0 Å². The van der Waals surface area contributed by atoms with Crippen LogP contribution in [0.15, 0.2) is 18.2 Å². The minimum Gasteiger partial charge on any atom is -0.481 e. The number of amides is 1. The van der Waals surface area contributed by atoms with Crippen LogP contribution in [0, 0.1) is 28.2 Å². The number of rotatable bonds is 3. The van der Waals surface area contributed by atoms with Gasteiger partial charge < -0.3 is 10.4 Å². The summed E-state index contributed by atoms with van der Waals surface area (Å²) >= 11 is 2.22. The van der Waals surface area contributed by atoms with E-state index in [-0.39, 0.29) is 11.8 Å². The van der Waals surface area contributed by atoms with Crippen LogP contribution in [-0.2, 0) is 9.59 Å². The molecule has 0 spiro atoms. The van der Waals surface area contributed by atoms with Crippen LogP contribution in [0.4, 0.5) is 5.69 Å². The highest BCUT2D eigenvalue weighted by molar-refractivity contribution is 14.1. The molecule has 2 rings (SSSR count). The summed E-state index contributed by atoms with van der Waals surface area (Å²) in [4.78, 5) is 23.5. The number of carboxylic acids is 1. The van der Waals surface area contributed by atoms with Crippen LogP contribution in [0.5, 0.6) is 0 Å². The number of benzene rings is 1. The fourth-order valence-corrected chi connectivity index (χ4v) is 3.28. The number of carbonyl (C=O) groups is 2. The van der Waals surface area contributed by atoms with Gasteiger partial charge in [-0.05, 0) is 66.0 Å². The minimum atomic E-state index is -0.868. The van der Waals surface area contributed by atoms with Crippen molar-refractivity contribution in [1.82, 2.24) is 0 Å². The number of hydrogen-bond acceptors (Lipinski definition) is 2. The van der Waals surface area contributed by atoms with E-state index in [1.54, 1.807) is 0 Å². The Balaban J connectivity index is 2.11. The molecule has 0 saturated heterocycles. The Morgan fingerprint density at radius 2 is 1.95 bits per heavy atom. The first-order valence-electron chi connectivity index (χ1n) is 6.68. The summed E-state index contributed by atoms with van der Waals surface area (Å²) in [6.07, 6.45) is 1.23. The smallest absolute Gasteiger partial charge is 0.307 e. The van der Waals surface area contributed by atoms with E-state index in [4.69, 9.17) is 0 Å². The Bertz CT molecular complexity index is 544. The summed E-state index contributed by atoms with van der Waals surface area (Å²) in [7, 11) is 0. The standard InChI is InChI=1S/C15H18INO3/c1-8-5-11(12(6-8)15(19)20)14(18)17-10-4-3-9(2)13(16)7-10/h3-4,7-8,11-12H,5-6H2,1-2H3,(H,17,18)(H,19,20). The average Bonchev–Trinajstić information content (AvgIpc) is 2.76. The number of aliphatic carboxylic acids is 1. The molecule has 3 atom stereocenters. The lowest BCUT2D eigenvalue weighted by Crippen LogP contribution is -2.30. The summed E-state index contributed by atoms with van der Waals surface area (Å²) in [5.41, 5.74) is 1.88. The lowest BCUT2D eigenvalue weighted by Gasteiger charge is -2.16. The predicted molar refractivity (Wildman–Crippen MR) is 85.5 cm³/mol. The van der Waals surface area contributed by atoms with E-state index in [1.807, 2.05) is 32.0 Å². The molecule has 0 radical (unpaired) electrons. The molecule has 3 unspecified atom stereocenters. The third kappa shape index (κ3) is 3.31. The summed E-state index contributed by atoms with van der Waals surface area (Å²) in [6, 6.07) is 5.70. The first kappa shape index (κ1) is 15.3. The quantitative estimate of drug-likeness (QED) is 0.783. The van der Waals surface area contributed by atoms with Gasteiger partial charge in [0.25, 0.3) is 0 Å². The monoisotopic (exact) mass is 387 g/mol. The Morgan fingerprint density at radius 1 is 1.30 bits per heavy atom. The van der Waals surface area contributed by atoms with E-state index < -0.39 is 17.8 Å². The highest BCUT2D eigenvalue weighted by Gasteiger charge is 2.41. The fourth-order valence-electron chi connectivity index (χ4n) is 2.76. The minimum absolute atomic E-state index is 0.179. The molecule has 1 saturated carbocycles. The normalized spacial score (nSPS) is 25.4. The zero-order valence-corrected chi connectivity index (χ0v) is 13.7. The molecule has 108 valence electrons. The molecule has 4 nitrogen and oxygen atoms in total. The molecule has 0 bridgehead atoms. The van der Waals surface area contributed by atoms with Crippen LogP contribution in [0.2, 0.25) is 0 Å². The van der Waals surface area contributed by atoms with Crippen LogP contribution in [0.25, 0.3) is 0 Å². The molecule has 2 N–H and O–H groups in total. The first-order chi connectivity index (χ1) is 9.38. The number of carbonyl (C=O) groups excluding carboxylic acids is 1. The maximum atomic E-state index is 12.3. The van der Waals surface area contributed by atoms with Crippen LogP contribution >= 0.6 is 22.6 Å². The van der Waals surface area contributed by atoms with Gasteiger partial charge in [-0.1, -0.05) is 13.0 Å². The summed E-state index contributed by atoms with van der Waals surface area (Å²) < 4.78 is 1.08. The third-order valence-corrected chi connectivity index (χ3v) is 5.05. The van der Waals surface area contributed by atoms with Gasteiger partial charge in [0.1, 0.15) is 0 Å². The summed E-state index contributed by atoms with van der Waals surface area (Å²) in [6.45, 7) is 4.00. The molecular formula is C15H18INO3. The van der Waals surface area contributed by atoms with Crippen molar-refractivity contribution >= 4 is 40.2 Å². The van der Waals surface area contributed by atoms with Crippen molar-refractivity contribution < 1.29 is 14.7 Å². The van der Waals surface area contributed by atoms with Gasteiger partial charge in [0.2, 0.25) is 5.91 Å². The van der Waals surface area contributed by atoms with Crippen molar-refractivity contribution in [1.29, 1.82) is 0 Å². The van der Waals surface area contributed by atoms with Gasteiger partial charge in [0.15, 0.2) is 0 Å². The Kier molecular flexibility index (Phi) is 4.67. The highest BCUT2D eigenvalue weighted by Crippen LogP contribution is 2.37. The third-order valence-electron chi connectivity index (χ3n) is 3.89. The second-order valence-corrected chi connectivity index (χ2v) is 6.74. The SMILES string of the molecule is Cc1ccc(NC(=O)C2CC(C)CC2C(=O)O)cc1I.